The fourth-order valence-corrected chi connectivity index (χ4v) is 4.26. The van der Waals surface area contributed by atoms with Crippen molar-refractivity contribution < 1.29 is 28.6 Å². The lowest BCUT2D eigenvalue weighted by Crippen LogP contribution is -2.24. The van der Waals surface area contributed by atoms with E-state index in [1.54, 1.807) is 6.92 Å². The Balaban J connectivity index is 1.70. The van der Waals surface area contributed by atoms with Gasteiger partial charge in [0.15, 0.2) is 16.8 Å². The van der Waals surface area contributed by atoms with Gasteiger partial charge < -0.3 is 19.0 Å². The number of aromatic hydroxyl groups is 1. The maximum atomic E-state index is 13.3. The highest BCUT2D eigenvalue weighted by Gasteiger charge is 2.61. The number of aryl methyl sites for hydroxylation is 1. The van der Waals surface area contributed by atoms with Crippen LogP contribution in [0.2, 0.25) is 0 Å². The average Bonchev–Trinajstić information content (AvgIpc) is 3.58. The van der Waals surface area contributed by atoms with Crippen molar-refractivity contribution in [2.45, 2.75) is 18.6 Å². The van der Waals surface area contributed by atoms with E-state index in [9.17, 15) is 19.5 Å². The molecule has 2 saturated heterocycles. The maximum absolute atomic E-state index is 13.3. The Hall–Kier alpha value is -3.29. The predicted molar refractivity (Wildman–Crippen MR) is 99.6 cm³/mol. The Labute approximate surface area is 163 Å². The van der Waals surface area contributed by atoms with Crippen LogP contribution >= 0.6 is 0 Å². The molecule has 7 heteroatoms. The topological polar surface area (TPSA) is 110 Å². The molecule has 0 unspecified atom stereocenters. The van der Waals surface area contributed by atoms with E-state index in [1.807, 2.05) is 0 Å². The average molecular weight is 390 g/mol. The largest absolute Gasteiger partial charge is 0.507 e. The lowest BCUT2D eigenvalue weighted by atomic mass is 9.81. The van der Waals surface area contributed by atoms with Crippen LogP contribution in [0.3, 0.4) is 0 Å². The van der Waals surface area contributed by atoms with Gasteiger partial charge in [-0.3, -0.25) is 14.4 Å². The monoisotopic (exact) mass is 390 g/mol. The van der Waals surface area contributed by atoms with Crippen molar-refractivity contribution in [3.63, 3.8) is 0 Å². The molecule has 2 aliphatic heterocycles. The summed E-state index contributed by atoms with van der Waals surface area (Å²) < 4.78 is 17.0. The number of ketones is 2. The SMILES string of the molecule is Cc1cc2c(c3oc([C@@]4([C@H]5CO5)CO4)cc(=O)c13)C(=O)c1c(O)cccc1C2=O. The number of benzene rings is 2. The molecule has 144 valence electrons. The zero-order valence-electron chi connectivity index (χ0n) is 15.3. The number of hydrogen-bond donors (Lipinski definition) is 1. The molecule has 29 heavy (non-hydrogen) atoms. The summed E-state index contributed by atoms with van der Waals surface area (Å²) in [4.78, 5) is 39.3. The highest BCUT2D eigenvalue weighted by Crippen LogP contribution is 2.48. The molecule has 2 atom stereocenters. The van der Waals surface area contributed by atoms with Crippen LogP contribution in [-0.2, 0) is 15.1 Å². The zero-order chi connectivity index (χ0) is 20.1. The molecule has 3 heterocycles. The van der Waals surface area contributed by atoms with Gasteiger partial charge in [-0.25, -0.2) is 0 Å². The van der Waals surface area contributed by atoms with Gasteiger partial charge in [0.05, 0.1) is 29.7 Å². The number of phenols is 1. The van der Waals surface area contributed by atoms with E-state index in [0.29, 0.717) is 18.8 Å². The standard InChI is InChI=1S/C22H14O7/c1-9-5-11-18(20(26)17-10(19(11)25)3-2-4-12(17)23)21-16(9)13(24)6-14(29-21)22(8-28-22)15-7-27-15/h2-6,15,23H,7-8H2,1H3/t15-,22-/m1/s1. The Bertz CT molecular complexity index is 1340. The molecule has 0 spiro atoms. The second-order valence-corrected chi connectivity index (χ2v) is 7.65. The molecule has 0 bridgehead atoms. The first-order valence-corrected chi connectivity index (χ1v) is 9.21. The third-order valence-corrected chi connectivity index (χ3v) is 5.91. The molecule has 0 radical (unpaired) electrons. The third-order valence-electron chi connectivity index (χ3n) is 5.91. The first kappa shape index (κ1) is 16.6. The van der Waals surface area contributed by atoms with Gasteiger partial charge in [0.2, 0.25) is 5.78 Å². The zero-order valence-corrected chi connectivity index (χ0v) is 15.3. The number of carbonyl (C=O) groups excluding carboxylic acids is 2. The van der Waals surface area contributed by atoms with Crippen LogP contribution in [0.25, 0.3) is 11.0 Å². The summed E-state index contributed by atoms with van der Waals surface area (Å²) in [6.07, 6.45) is -0.189. The van der Waals surface area contributed by atoms with Gasteiger partial charge in [0.1, 0.15) is 23.2 Å². The Morgan fingerprint density at radius 3 is 2.52 bits per heavy atom. The minimum absolute atomic E-state index is 0.00364. The normalized spacial score (nSPS) is 24.4. The van der Waals surface area contributed by atoms with Crippen molar-refractivity contribution in [3.05, 3.63) is 74.1 Å². The van der Waals surface area contributed by atoms with Gasteiger partial charge >= 0.3 is 0 Å². The summed E-state index contributed by atoms with van der Waals surface area (Å²) in [6.45, 7) is 2.56. The summed E-state index contributed by atoms with van der Waals surface area (Å²) in [5, 5.41) is 10.5. The van der Waals surface area contributed by atoms with Crippen LogP contribution in [0.1, 0.15) is 43.2 Å². The van der Waals surface area contributed by atoms with Crippen molar-refractivity contribution in [1.29, 1.82) is 0 Å². The number of carbonyl (C=O) groups is 2. The van der Waals surface area contributed by atoms with E-state index < -0.39 is 17.2 Å². The molecular weight excluding hydrogens is 376 g/mol. The van der Waals surface area contributed by atoms with Crippen molar-refractivity contribution in [1.82, 2.24) is 0 Å². The predicted octanol–water partition coefficient (Wildman–Crippen LogP) is 2.21. The van der Waals surface area contributed by atoms with Crippen LogP contribution in [-0.4, -0.2) is 36.0 Å². The molecular formula is C22H14O7. The summed E-state index contributed by atoms with van der Waals surface area (Å²) in [5.74, 6) is -0.946. The second-order valence-electron chi connectivity index (χ2n) is 7.65. The van der Waals surface area contributed by atoms with Crippen molar-refractivity contribution >= 4 is 22.5 Å². The van der Waals surface area contributed by atoms with Crippen molar-refractivity contribution in [2.75, 3.05) is 13.2 Å². The maximum Gasteiger partial charge on any atom is 0.202 e. The van der Waals surface area contributed by atoms with Gasteiger partial charge in [-0.05, 0) is 24.6 Å². The van der Waals surface area contributed by atoms with Crippen LogP contribution < -0.4 is 5.43 Å². The van der Waals surface area contributed by atoms with E-state index in [2.05, 4.69) is 0 Å². The molecule has 2 fully saturated rings. The highest BCUT2D eigenvalue weighted by atomic mass is 16.7. The molecule has 2 aromatic carbocycles. The highest BCUT2D eigenvalue weighted by molar-refractivity contribution is 6.32. The first-order valence-electron chi connectivity index (χ1n) is 9.21. The Kier molecular flexibility index (Phi) is 2.98. The molecule has 1 N–H and O–H groups in total. The van der Waals surface area contributed by atoms with Gasteiger partial charge in [-0.15, -0.1) is 0 Å². The number of hydrogen-bond acceptors (Lipinski definition) is 7. The van der Waals surface area contributed by atoms with Crippen molar-refractivity contribution in [3.8, 4) is 5.75 Å². The lowest BCUT2D eigenvalue weighted by molar-refractivity contribution is 0.0976. The number of epoxide rings is 2. The molecule has 1 aromatic heterocycles. The lowest BCUT2D eigenvalue weighted by Gasteiger charge is -2.20. The minimum atomic E-state index is -0.814. The van der Waals surface area contributed by atoms with Crippen LogP contribution in [0.4, 0.5) is 0 Å². The second kappa shape index (κ2) is 5.20. The van der Waals surface area contributed by atoms with E-state index in [4.69, 9.17) is 13.9 Å². The summed E-state index contributed by atoms with van der Waals surface area (Å²) in [7, 11) is 0. The Morgan fingerprint density at radius 2 is 1.83 bits per heavy atom. The van der Waals surface area contributed by atoms with E-state index in [1.165, 1.54) is 30.3 Å². The van der Waals surface area contributed by atoms with Crippen molar-refractivity contribution in [2.24, 2.45) is 0 Å². The van der Waals surface area contributed by atoms with E-state index in [-0.39, 0.29) is 56.3 Å². The van der Waals surface area contributed by atoms with Crippen LogP contribution in [0, 0.1) is 6.92 Å². The fraction of sp³-hybridized carbons (Fsp3) is 0.227. The number of phenolic OH excluding ortho intramolecular Hbond substituents is 1. The molecule has 0 amide bonds. The fourth-order valence-electron chi connectivity index (χ4n) is 4.26. The smallest absolute Gasteiger partial charge is 0.202 e. The number of rotatable bonds is 2. The molecule has 6 rings (SSSR count). The number of fused-ring (bicyclic) bond motifs is 4. The molecule has 0 saturated carbocycles. The van der Waals surface area contributed by atoms with Gasteiger partial charge in [0.25, 0.3) is 0 Å². The van der Waals surface area contributed by atoms with Crippen LogP contribution in [0.15, 0.2) is 39.5 Å². The third kappa shape index (κ3) is 2.06. The summed E-state index contributed by atoms with van der Waals surface area (Å²) in [6, 6.07) is 7.28. The first-order chi connectivity index (χ1) is 13.9. The Morgan fingerprint density at radius 1 is 1.07 bits per heavy atom. The molecule has 3 aliphatic rings. The summed E-state index contributed by atoms with van der Waals surface area (Å²) in [5.41, 5.74) is -0.337. The van der Waals surface area contributed by atoms with Crippen LogP contribution in [0.5, 0.6) is 5.75 Å². The minimum Gasteiger partial charge on any atom is -0.507 e. The van der Waals surface area contributed by atoms with Gasteiger partial charge in [-0.1, -0.05) is 12.1 Å². The van der Waals surface area contributed by atoms with Gasteiger partial charge in [0, 0.05) is 17.2 Å². The van der Waals surface area contributed by atoms with Gasteiger partial charge in [-0.2, -0.15) is 0 Å². The molecule has 1 aliphatic carbocycles. The molecule has 3 aromatic rings. The summed E-state index contributed by atoms with van der Waals surface area (Å²) >= 11 is 0. The number of ether oxygens (including phenoxy) is 2. The molecule has 7 nitrogen and oxygen atoms in total. The van der Waals surface area contributed by atoms with E-state index in [0.717, 1.165) is 0 Å². The van der Waals surface area contributed by atoms with E-state index >= 15 is 0 Å². The quantitative estimate of drug-likeness (QED) is 0.523.